The van der Waals surface area contributed by atoms with E-state index in [9.17, 15) is 9.59 Å². The van der Waals surface area contributed by atoms with Crippen molar-refractivity contribution in [1.29, 1.82) is 0 Å². The summed E-state index contributed by atoms with van der Waals surface area (Å²) in [5.41, 5.74) is 1.51. The van der Waals surface area contributed by atoms with Crippen LogP contribution in [0, 0.1) is 0 Å². The van der Waals surface area contributed by atoms with Gasteiger partial charge in [-0.25, -0.2) is 4.79 Å². The second-order valence-corrected chi connectivity index (χ2v) is 5.89. The molecule has 26 heavy (non-hydrogen) atoms. The molecular formula is C18H18N4O4. The van der Waals surface area contributed by atoms with Crippen molar-refractivity contribution in [3.8, 4) is 11.5 Å². The number of ether oxygens (including phenoxy) is 2. The van der Waals surface area contributed by atoms with Crippen molar-refractivity contribution in [1.82, 2.24) is 20.7 Å². The van der Waals surface area contributed by atoms with E-state index in [-0.39, 0.29) is 18.6 Å². The monoisotopic (exact) mass is 354 g/mol. The maximum atomic E-state index is 12.3. The van der Waals surface area contributed by atoms with Crippen molar-refractivity contribution in [3.63, 3.8) is 0 Å². The van der Waals surface area contributed by atoms with E-state index in [1.54, 1.807) is 42.5 Å². The Labute approximate surface area is 149 Å². The Morgan fingerprint density at radius 2 is 1.92 bits per heavy atom. The molecule has 0 saturated heterocycles. The van der Waals surface area contributed by atoms with Crippen LogP contribution in [0.5, 0.6) is 11.5 Å². The van der Waals surface area contributed by atoms with Gasteiger partial charge >= 0.3 is 5.97 Å². The number of rotatable bonds is 6. The molecule has 0 aliphatic rings. The summed E-state index contributed by atoms with van der Waals surface area (Å²) in [5, 5.41) is 13.0. The van der Waals surface area contributed by atoms with Gasteiger partial charge in [-0.15, -0.1) is 5.10 Å². The summed E-state index contributed by atoms with van der Waals surface area (Å²) in [6.07, 6.45) is 0. The zero-order valence-corrected chi connectivity index (χ0v) is 14.4. The summed E-state index contributed by atoms with van der Waals surface area (Å²) in [5.74, 6) is 0.0831. The Hall–Kier alpha value is -3.42. The molecule has 0 atom stereocenters. The number of carbonyl (C=O) groups is 2. The molecule has 3 rings (SSSR count). The predicted molar refractivity (Wildman–Crippen MR) is 94.1 cm³/mol. The standard InChI is InChI=1S/C18H18N4O4/c1-11(2)19-16(23)10-25-13-8-6-12(7-9-13)18(24)26-15-5-3-4-14-17(15)21-22-20-14/h3-9,11H,10H2,1-2H3,(H,19,23)(H,20,21,22). The number of benzene rings is 2. The molecule has 0 spiro atoms. The van der Waals surface area contributed by atoms with E-state index in [1.807, 2.05) is 13.8 Å². The third-order valence-electron chi connectivity index (χ3n) is 3.43. The van der Waals surface area contributed by atoms with Gasteiger partial charge in [0.05, 0.1) is 11.1 Å². The van der Waals surface area contributed by atoms with Gasteiger partial charge in [0.2, 0.25) is 0 Å². The van der Waals surface area contributed by atoms with Gasteiger partial charge in [-0.05, 0) is 50.2 Å². The first-order chi connectivity index (χ1) is 12.5. The first-order valence-electron chi connectivity index (χ1n) is 8.07. The number of esters is 1. The maximum Gasteiger partial charge on any atom is 0.343 e. The van der Waals surface area contributed by atoms with Crippen LogP contribution < -0.4 is 14.8 Å². The highest BCUT2D eigenvalue weighted by Gasteiger charge is 2.13. The Morgan fingerprint density at radius 3 is 2.65 bits per heavy atom. The smallest absolute Gasteiger partial charge is 0.343 e. The lowest BCUT2D eigenvalue weighted by Gasteiger charge is -2.10. The maximum absolute atomic E-state index is 12.3. The van der Waals surface area contributed by atoms with Crippen molar-refractivity contribution in [2.45, 2.75) is 19.9 Å². The van der Waals surface area contributed by atoms with Gasteiger partial charge in [0.1, 0.15) is 5.75 Å². The fourth-order valence-electron chi connectivity index (χ4n) is 2.29. The lowest BCUT2D eigenvalue weighted by Crippen LogP contribution is -2.34. The van der Waals surface area contributed by atoms with Gasteiger partial charge < -0.3 is 14.8 Å². The molecule has 0 radical (unpaired) electrons. The zero-order valence-electron chi connectivity index (χ0n) is 14.4. The largest absolute Gasteiger partial charge is 0.484 e. The van der Waals surface area contributed by atoms with Crippen LogP contribution in [-0.2, 0) is 4.79 Å². The minimum Gasteiger partial charge on any atom is -0.484 e. The molecule has 0 aliphatic carbocycles. The van der Waals surface area contributed by atoms with E-state index >= 15 is 0 Å². The molecule has 0 aliphatic heterocycles. The quantitative estimate of drug-likeness (QED) is 0.518. The van der Waals surface area contributed by atoms with Crippen molar-refractivity contribution < 1.29 is 19.1 Å². The topological polar surface area (TPSA) is 106 Å². The van der Waals surface area contributed by atoms with Gasteiger partial charge in [-0.2, -0.15) is 0 Å². The van der Waals surface area contributed by atoms with E-state index in [0.29, 0.717) is 28.1 Å². The second kappa shape index (κ2) is 7.64. The molecule has 3 aromatic rings. The number of H-pyrrole nitrogens is 1. The normalized spacial score (nSPS) is 10.7. The van der Waals surface area contributed by atoms with E-state index in [1.165, 1.54) is 0 Å². The number of aromatic amines is 1. The number of amides is 1. The average molecular weight is 354 g/mol. The summed E-state index contributed by atoms with van der Waals surface area (Å²) >= 11 is 0. The van der Waals surface area contributed by atoms with Crippen LogP contribution >= 0.6 is 0 Å². The first kappa shape index (κ1) is 17.4. The third-order valence-corrected chi connectivity index (χ3v) is 3.43. The molecule has 0 saturated carbocycles. The van der Waals surface area contributed by atoms with E-state index in [0.717, 1.165) is 0 Å². The molecular weight excluding hydrogens is 336 g/mol. The highest BCUT2D eigenvalue weighted by atomic mass is 16.5. The minimum absolute atomic E-state index is 0.0532. The molecule has 1 amide bonds. The Kier molecular flexibility index (Phi) is 5.12. The number of aromatic nitrogens is 3. The Bertz CT molecular complexity index is 918. The molecule has 1 heterocycles. The van der Waals surface area contributed by atoms with E-state index < -0.39 is 5.97 Å². The fourth-order valence-corrected chi connectivity index (χ4v) is 2.29. The van der Waals surface area contributed by atoms with Gasteiger partial charge in [0.25, 0.3) is 5.91 Å². The molecule has 2 aromatic carbocycles. The minimum atomic E-state index is -0.524. The Morgan fingerprint density at radius 1 is 1.15 bits per heavy atom. The number of hydrogen-bond donors (Lipinski definition) is 2. The molecule has 134 valence electrons. The number of hydrogen-bond acceptors (Lipinski definition) is 6. The highest BCUT2D eigenvalue weighted by Crippen LogP contribution is 2.22. The molecule has 0 bridgehead atoms. The lowest BCUT2D eigenvalue weighted by atomic mass is 10.2. The highest BCUT2D eigenvalue weighted by molar-refractivity contribution is 5.93. The Balaban J connectivity index is 1.62. The molecule has 1 aromatic heterocycles. The summed E-state index contributed by atoms with van der Waals surface area (Å²) < 4.78 is 10.8. The SMILES string of the molecule is CC(C)NC(=O)COc1ccc(C(=O)Oc2cccc3[nH]nnc23)cc1. The van der Waals surface area contributed by atoms with Crippen molar-refractivity contribution in [3.05, 3.63) is 48.0 Å². The van der Waals surface area contributed by atoms with Crippen LogP contribution in [0.2, 0.25) is 0 Å². The predicted octanol–water partition coefficient (Wildman–Crippen LogP) is 2.08. The van der Waals surface area contributed by atoms with Gasteiger partial charge in [0, 0.05) is 6.04 Å². The van der Waals surface area contributed by atoms with Crippen LogP contribution in [-0.4, -0.2) is 39.9 Å². The summed E-state index contributed by atoms with van der Waals surface area (Å²) in [6.45, 7) is 3.66. The molecule has 8 nitrogen and oxygen atoms in total. The average Bonchev–Trinajstić information content (AvgIpc) is 3.09. The van der Waals surface area contributed by atoms with Crippen LogP contribution in [0.4, 0.5) is 0 Å². The molecule has 8 heteroatoms. The van der Waals surface area contributed by atoms with Crippen LogP contribution in [0.25, 0.3) is 11.0 Å². The van der Waals surface area contributed by atoms with Crippen molar-refractivity contribution >= 4 is 22.9 Å². The van der Waals surface area contributed by atoms with E-state index in [2.05, 4.69) is 20.7 Å². The number of nitrogens with zero attached hydrogens (tertiary/aromatic N) is 2. The van der Waals surface area contributed by atoms with Crippen molar-refractivity contribution in [2.24, 2.45) is 0 Å². The summed E-state index contributed by atoms with van der Waals surface area (Å²) in [4.78, 5) is 23.9. The van der Waals surface area contributed by atoms with Crippen LogP contribution in [0.3, 0.4) is 0 Å². The number of fused-ring (bicyclic) bond motifs is 1. The fraction of sp³-hybridized carbons (Fsp3) is 0.222. The number of carbonyl (C=O) groups excluding carboxylic acids is 2. The molecule has 0 fully saturated rings. The van der Waals surface area contributed by atoms with E-state index in [4.69, 9.17) is 9.47 Å². The number of nitrogens with one attached hydrogen (secondary N) is 2. The van der Waals surface area contributed by atoms with Gasteiger partial charge in [-0.3, -0.25) is 9.89 Å². The van der Waals surface area contributed by atoms with Gasteiger partial charge in [-0.1, -0.05) is 11.3 Å². The molecule has 0 unspecified atom stereocenters. The first-order valence-corrected chi connectivity index (χ1v) is 8.07. The zero-order chi connectivity index (χ0) is 18.5. The van der Waals surface area contributed by atoms with Crippen molar-refractivity contribution in [2.75, 3.05) is 6.61 Å². The second-order valence-electron chi connectivity index (χ2n) is 5.89. The lowest BCUT2D eigenvalue weighted by molar-refractivity contribution is -0.123. The summed E-state index contributed by atoms with van der Waals surface area (Å²) in [7, 11) is 0. The molecule has 2 N–H and O–H groups in total. The van der Waals surface area contributed by atoms with Crippen LogP contribution in [0.1, 0.15) is 24.2 Å². The summed E-state index contributed by atoms with van der Waals surface area (Å²) in [6, 6.07) is 11.6. The van der Waals surface area contributed by atoms with Gasteiger partial charge in [0.15, 0.2) is 17.9 Å². The van der Waals surface area contributed by atoms with Crippen LogP contribution in [0.15, 0.2) is 42.5 Å². The third kappa shape index (κ3) is 4.15.